The van der Waals surface area contributed by atoms with E-state index in [0.29, 0.717) is 22.0 Å². The van der Waals surface area contributed by atoms with Gasteiger partial charge in [0, 0.05) is 5.39 Å². The number of carbonyl (C=O) groups is 1. The van der Waals surface area contributed by atoms with Crippen molar-refractivity contribution in [1.82, 2.24) is 15.5 Å². The molecule has 0 aliphatic carbocycles. The van der Waals surface area contributed by atoms with Gasteiger partial charge in [0.1, 0.15) is 0 Å². The summed E-state index contributed by atoms with van der Waals surface area (Å²) in [7, 11) is 0. The van der Waals surface area contributed by atoms with Crippen molar-refractivity contribution in [3.8, 4) is 0 Å². The minimum Gasteiger partial charge on any atom is -0.349 e. The van der Waals surface area contributed by atoms with Crippen molar-refractivity contribution in [2.45, 2.75) is 25.6 Å². The van der Waals surface area contributed by atoms with Gasteiger partial charge in [0.25, 0.3) is 5.56 Å². The number of amides is 1. The zero-order valence-electron chi connectivity index (χ0n) is 14.3. The normalized spacial score (nSPS) is 12.7. The van der Waals surface area contributed by atoms with Gasteiger partial charge in [-0.15, -0.1) is 0 Å². The van der Waals surface area contributed by atoms with Crippen molar-refractivity contribution >= 4 is 16.7 Å². The van der Waals surface area contributed by atoms with Crippen molar-refractivity contribution in [3.63, 3.8) is 0 Å². The molecule has 0 spiro atoms. The Labute approximate surface area is 152 Å². The molecule has 0 fully saturated rings. The number of hydrogen-bond donors (Lipinski definition) is 2. The van der Waals surface area contributed by atoms with Crippen LogP contribution in [0.1, 0.15) is 29.8 Å². The minimum atomic E-state index is -4.45. The van der Waals surface area contributed by atoms with Crippen LogP contribution >= 0.6 is 0 Å². The molecule has 1 amide bonds. The maximum Gasteiger partial charge on any atom is 0.416 e. The number of rotatable bonds is 4. The number of carbonyl (C=O) groups excluding carboxylic acids is 1. The number of nitrogens with zero attached hydrogens (tertiary/aromatic N) is 1. The van der Waals surface area contributed by atoms with Crippen LogP contribution in [0.15, 0.2) is 53.3 Å². The topological polar surface area (TPSA) is 74.8 Å². The van der Waals surface area contributed by atoms with E-state index >= 15 is 0 Å². The van der Waals surface area contributed by atoms with Gasteiger partial charge in [-0.05, 0) is 30.7 Å². The standard InChI is InChI=1S/C19H16F3N3O2/c1-11(12-5-4-6-13(9-12)19(20,21)22)23-17(26)10-16-14-7-2-3-8-15(14)18(27)25-24-16/h2-9,11H,10H2,1H3,(H,23,26)(H,25,27)/t11-/m1/s1. The third-order valence-corrected chi connectivity index (χ3v) is 4.19. The summed E-state index contributed by atoms with van der Waals surface area (Å²) in [5.74, 6) is -0.412. The molecule has 0 aliphatic heterocycles. The predicted molar refractivity (Wildman–Crippen MR) is 94.1 cm³/mol. The van der Waals surface area contributed by atoms with E-state index < -0.39 is 23.7 Å². The van der Waals surface area contributed by atoms with E-state index in [9.17, 15) is 22.8 Å². The fraction of sp³-hybridized carbons (Fsp3) is 0.211. The fourth-order valence-electron chi connectivity index (χ4n) is 2.82. The number of fused-ring (bicyclic) bond motifs is 1. The van der Waals surface area contributed by atoms with Crippen molar-refractivity contribution in [1.29, 1.82) is 0 Å². The van der Waals surface area contributed by atoms with Crippen LogP contribution in [0, 0.1) is 0 Å². The Kier molecular flexibility index (Phi) is 4.98. The summed E-state index contributed by atoms with van der Waals surface area (Å²) < 4.78 is 38.5. The van der Waals surface area contributed by atoms with Crippen molar-refractivity contribution in [2.75, 3.05) is 0 Å². The number of aromatic nitrogens is 2. The molecule has 1 heterocycles. The lowest BCUT2D eigenvalue weighted by atomic mass is 10.0. The highest BCUT2D eigenvalue weighted by Crippen LogP contribution is 2.30. The lowest BCUT2D eigenvalue weighted by molar-refractivity contribution is -0.137. The first-order valence-electron chi connectivity index (χ1n) is 8.18. The van der Waals surface area contributed by atoms with Gasteiger partial charge < -0.3 is 5.32 Å². The summed E-state index contributed by atoms with van der Waals surface area (Å²) in [5.41, 5.74) is -0.391. The van der Waals surface area contributed by atoms with Crippen LogP contribution in [0.4, 0.5) is 13.2 Å². The molecule has 0 radical (unpaired) electrons. The second-order valence-corrected chi connectivity index (χ2v) is 6.13. The van der Waals surface area contributed by atoms with Gasteiger partial charge in [0.05, 0.1) is 29.1 Å². The van der Waals surface area contributed by atoms with Crippen LogP contribution < -0.4 is 10.9 Å². The van der Waals surface area contributed by atoms with Gasteiger partial charge in [-0.2, -0.15) is 18.3 Å². The number of alkyl halides is 3. The summed E-state index contributed by atoms with van der Waals surface area (Å²) in [5, 5.41) is 9.91. The molecule has 140 valence electrons. The summed E-state index contributed by atoms with van der Waals surface area (Å²) >= 11 is 0. The highest BCUT2D eigenvalue weighted by Gasteiger charge is 2.30. The smallest absolute Gasteiger partial charge is 0.349 e. The lowest BCUT2D eigenvalue weighted by Gasteiger charge is -2.16. The van der Waals surface area contributed by atoms with E-state index in [2.05, 4.69) is 15.5 Å². The van der Waals surface area contributed by atoms with Crippen LogP contribution in [0.3, 0.4) is 0 Å². The van der Waals surface area contributed by atoms with Gasteiger partial charge in [0.15, 0.2) is 0 Å². The Balaban J connectivity index is 1.77. The molecule has 3 aromatic rings. The molecular formula is C19H16F3N3O2. The Morgan fingerprint density at radius 1 is 1.15 bits per heavy atom. The molecule has 1 aromatic heterocycles. The number of nitrogens with one attached hydrogen (secondary N) is 2. The predicted octanol–water partition coefficient (Wildman–Crippen LogP) is 3.36. The van der Waals surface area contributed by atoms with E-state index in [1.807, 2.05) is 0 Å². The molecule has 5 nitrogen and oxygen atoms in total. The quantitative estimate of drug-likeness (QED) is 0.734. The van der Waals surface area contributed by atoms with E-state index in [1.54, 1.807) is 31.2 Å². The summed E-state index contributed by atoms with van der Waals surface area (Å²) in [4.78, 5) is 24.1. The van der Waals surface area contributed by atoms with Crippen LogP contribution in [0.25, 0.3) is 10.8 Å². The second kappa shape index (κ2) is 7.22. The monoisotopic (exact) mass is 375 g/mol. The minimum absolute atomic E-state index is 0.111. The molecule has 8 heteroatoms. The first-order chi connectivity index (χ1) is 12.8. The third-order valence-electron chi connectivity index (χ3n) is 4.19. The van der Waals surface area contributed by atoms with Crippen LogP contribution in [-0.2, 0) is 17.4 Å². The average molecular weight is 375 g/mol. The molecule has 2 N–H and O–H groups in total. The number of benzene rings is 2. The van der Waals surface area contributed by atoms with Gasteiger partial charge in [0.2, 0.25) is 5.91 Å². The van der Waals surface area contributed by atoms with E-state index in [4.69, 9.17) is 0 Å². The van der Waals surface area contributed by atoms with Crippen LogP contribution in [0.5, 0.6) is 0 Å². The summed E-state index contributed by atoms with van der Waals surface area (Å²) in [6.07, 6.45) is -4.56. The van der Waals surface area contributed by atoms with E-state index in [-0.39, 0.29) is 12.0 Å². The van der Waals surface area contributed by atoms with Gasteiger partial charge in [-0.3, -0.25) is 9.59 Å². The van der Waals surface area contributed by atoms with Crippen molar-refractivity contribution < 1.29 is 18.0 Å². The molecule has 0 saturated carbocycles. The molecule has 0 bridgehead atoms. The summed E-state index contributed by atoms with van der Waals surface area (Å²) in [6, 6.07) is 11.0. The number of hydrogen-bond acceptors (Lipinski definition) is 3. The van der Waals surface area contributed by atoms with Crippen LogP contribution in [0.2, 0.25) is 0 Å². The molecule has 0 unspecified atom stereocenters. The largest absolute Gasteiger partial charge is 0.416 e. The van der Waals surface area contributed by atoms with Crippen LogP contribution in [-0.4, -0.2) is 16.1 Å². The zero-order valence-corrected chi connectivity index (χ0v) is 14.3. The van der Waals surface area contributed by atoms with E-state index in [1.165, 1.54) is 12.1 Å². The maximum atomic E-state index is 12.8. The third kappa shape index (κ3) is 4.16. The first kappa shape index (κ1) is 18.6. The maximum absolute atomic E-state index is 12.8. The highest BCUT2D eigenvalue weighted by molar-refractivity contribution is 5.88. The Morgan fingerprint density at radius 2 is 1.85 bits per heavy atom. The second-order valence-electron chi connectivity index (χ2n) is 6.13. The molecule has 0 saturated heterocycles. The number of halogens is 3. The number of H-pyrrole nitrogens is 1. The Bertz CT molecular complexity index is 1040. The first-order valence-corrected chi connectivity index (χ1v) is 8.18. The molecular weight excluding hydrogens is 359 g/mol. The van der Waals surface area contributed by atoms with Crippen molar-refractivity contribution in [3.05, 3.63) is 75.7 Å². The van der Waals surface area contributed by atoms with E-state index in [0.717, 1.165) is 12.1 Å². The fourth-order valence-corrected chi connectivity index (χ4v) is 2.82. The SMILES string of the molecule is C[C@@H](NC(=O)Cc1n[nH]c(=O)c2ccccc12)c1cccc(C(F)(F)F)c1. The molecule has 2 aromatic carbocycles. The lowest BCUT2D eigenvalue weighted by Crippen LogP contribution is -2.29. The Morgan fingerprint density at radius 3 is 2.56 bits per heavy atom. The zero-order chi connectivity index (χ0) is 19.6. The van der Waals surface area contributed by atoms with Gasteiger partial charge in [-0.25, -0.2) is 5.10 Å². The Hall–Kier alpha value is -3.16. The molecule has 3 rings (SSSR count). The van der Waals surface area contributed by atoms with Crippen molar-refractivity contribution in [2.24, 2.45) is 0 Å². The highest BCUT2D eigenvalue weighted by atomic mass is 19.4. The van der Waals surface area contributed by atoms with Gasteiger partial charge in [-0.1, -0.05) is 30.3 Å². The molecule has 1 atom stereocenters. The molecule has 0 aliphatic rings. The van der Waals surface area contributed by atoms with Gasteiger partial charge >= 0.3 is 6.18 Å². The summed E-state index contributed by atoms with van der Waals surface area (Å²) in [6.45, 7) is 1.60. The molecule has 27 heavy (non-hydrogen) atoms. The average Bonchev–Trinajstić information content (AvgIpc) is 2.63. The number of aromatic amines is 1.